The summed E-state index contributed by atoms with van der Waals surface area (Å²) < 4.78 is 2.18. The smallest absolute Gasteiger partial charge is 0.271 e. The van der Waals surface area contributed by atoms with E-state index in [1.165, 1.54) is 36.8 Å². The number of carbonyl (C=O) groups is 1. The third-order valence-corrected chi connectivity index (χ3v) is 7.63. The molecule has 2 aliphatic carbocycles. The van der Waals surface area contributed by atoms with Gasteiger partial charge in [-0.3, -0.25) is 9.78 Å². The standard InChI is InChI=1S/C26H27N3O/c1-17-21(8-5-13-27-17)19-9-10-22-23(14-19)29-16-20(18-6-3-4-7-18)15-24(29)25(30)28(2)26(22)11-12-26/h5,8-10,13-16,18H,3-4,6-7,11-12H2,1-2H3. The van der Waals surface area contributed by atoms with E-state index >= 15 is 0 Å². The van der Waals surface area contributed by atoms with Crippen LogP contribution >= 0.6 is 0 Å². The van der Waals surface area contributed by atoms with Crippen LogP contribution in [0.4, 0.5) is 0 Å². The van der Waals surface area contributed by atoms with E-state index in [9.17, 15) is 4.79 Å². The molecule has 1 aromatic carbocycles. The number of pyridine rings is 1. The summed E-state index contributed by atoms with van der Waals surface area (Å²) in [5.41, 5.74) is 7.75. The molecule has 0 saturated heterocycles. The zero-order valence-corrected chi connectivity index (χ0v) is 17.7. The van der Waals surface area contributed by atoms with E-state index in [2.05, 4.69) is 53.0 Å². The number of rotatable bonds is 2. The minimum absolute atomic E-state index is 0.145. The van der Waals surface area contributed by atoms with Crippen LogP contribution in [0.1, 0.15) is 71.8 Å². The quantitative estimate of drug-likeness (QED) is 0.566. The predicted molar refractivity (Wildman–Crippen MR) is 118 cm³/mol. The first-order chi connectivity index (χ1) is 14.6. The maximum Gasteiger partial charge on any atom is 0.271 e. The SMILES string of the molecule is Cc1ncccc1-c1ccc2c(c1)-n1cc(C3CCCC3)cc1C(=O)N(C)C21CC1. The third kappa shape index (κ3) is 2.46. The maximum atomic E-state index is 13.5. The molecule has 30 heavy (non-hydrogen) atoms. The molecule has 3 aromatic rings. The molecule has 6 rings (SSSR count). The zero-order valence-electron chi connectivity index (χ0n) is 17.7. The van der Waals surface area contributed by atoms with Crippen molar-refractivity contribution in [2.75, 3.05) is 7.05 Å². The van der Waals surface area contributed by atoms with Crippen LogP contribution in [0.25, 0.3) is 16.8 Å². The highest BCUT2D eigenvalue weighted by Crippen LogP contribution is 2.54. The summed E-state index contributed by atoms with van der Waals surface area (Å²) in [5, 5.41) is 0. The molecule has 1 amide bonds. The number of hydrogen-bond donors (Lipinski definition) is 0. The van der Waals surface area contributed by atoms with Crippen molar-refractivity contribution in [2.24, 2.45) is 0 Å². The highest BCUT2D eigenvalue weighted by atomic mass is 16.2. The van der Waals surface area contributed by atoms with Gasteiger partial charge in [0.1, 0.15) is 5.69 Å². The monoisotopic (exact) mass is 397 g/mol. The molecule has 0 bridgehead atoms. The van der Waals surface area contributed by atoms with Crippen LogP contribution < -0.4 is 0 Å². The van der Waals surface area contributed by atoms with Crippen molar-refractivity contribution in [3.05, 3.63) is 71.3 Å². The summed E-state index contributed by atoms with van der Waals surface area (Å²) in [4.78, 5) is 20.0. The molecule has 152 valence electrons. The van der Waals surface area contributed by atoms with Crippen LogP contribution in [-0.2, 0) is 5.54 Å². The average molecular weight is 398 g/mol. The topological polar surface area (TPSA) is 38.1 Å². The number of amides is 1. The lowest BCUT2D eigenvalue weighted by molar-refractivity contribution is 0.0705. The molecular formula is C26H27N3O. The summed E-state index contributed by atoms with van der Waals surface area (Å²) >= 11 is 0. The molecule has 1 spiro atoms. The lowest BCUT2D eigenvalue weighted by Gasteiger charge is -2.27. The Labute approximate surface area is 177 Å². The van der Waals surface area contributed by atoms with E-state index < -0.39 is 0 Å². The number of fused-ring (bicyclic) bond motifs is 4. The Morgan fingerprint density at radius 2 is 1.90 bits per heavy atom. The Morgan fingerprint density at radius 1 is 1.10 bits per heavy atom. The summed E-state index contributed by atoms with van der Waals surface area (Å²) in [5.74, 6) is 0.733. The van der Waals surface area contributed by atoms with Crippen molar-refractivity contribution in [3.63, 3.8) is 0 Å². The first-order valence-corrected chi connectivity index (χ1v) is 11.2. The van der Waals surface area contributed by atoms with Crippen LogP contribution in [0.15, 0.2) is 48.8 Å². The Kier molecular flexibility index (Phi) is 3.77. The van der Waals surface area contributed by atoms with Crippen LogP contribution in [0.5, 0.6) is 0 Å². The van der Waals surface area contributed by atoms with E-state index in [0.29, 0.717) is 5.92 Å². The number of aryl methyl sites for hydroxylation is 1. The normalized spacial score (nSPS) is 19.7. The fourth-order valence-corrected chi connectivity index (χ4v) is 5.68. The highest BCUT2D eigenvalue weighted by molar-refractivity contribution is 5.96. The van der Waals surface area contributed by atoms with E-state index in [0.717, 1.165) is 41.0 Å². The van der Waals surface area contributed by atoms with E-state index in [-0.39, 0.29) is 11.4 Å². The lowest BCUT2D eigenvalue weighted by Crippen LogP contribution is -2.36. The Morgan fingerprint density at radius 3 is 2.63 bits per heavy atom. The number of carbonyl (C=O) groups excluding carboxylic acids is 1. The van der Waals surface area contributed by atoms with Gasteiger partial charge in [0.15, 0.2) is 0 Å². The van der Waals surface area contributed by atoms with Crippen LogP contribution in [-0.4, -0.2) is 27.4 Å². The zero-order chi connectivity index (χ0) is 20.5. The fourth-order valence-electron chi connectivity index (χ4n) is 5.68. The summed E-state index contributed by atoms with van der Waals surface area (Å²) in [7, 11) is 1.98. The average Bonchev–Trinajstić information content (AvgIpc) is 3.19. The first-order valence-electron chi connectivity index (χ1n) is 11.2. The van der Waals surface area contributed by atoms with Crippen LogP contribution in [0, 0.1) is 6.92 Å². The predicted octanol–water partition coefficient (Wildman–Crippen LogP) is 5.58. The Hall–Kier alpha value is -2.88. The fraction of sp³-hybridized carbons (Fsp3) is 0.385. The second kappa shape index (κ2) is 6.31. The highest BCUT2D eigenvalue weighted by Gasteiger charge is 2.53. The first kappa shape index (κ1) is 17.9. The second-order valence-electron chi connectivity index (χ2n) is 9.27. The molecule has 0 N–H and O–H groups in total. The number of hydrogen-bond acceptors (Lipinski definition) is 2. The number of benzene rings is 1. The molecule has 0 unspecified atom stereocenters. The van der Waals surface area contributed by atoms with Gasteiger partial charge in [-0.05, 0) is 67.9 Å². The van der Waals surface area contributed by atoms with Gasteiger partial charge in [0.05, 0.1) is 11.2 Å². The molecule has 0 atom stereocenters. The van der Waals surface area contributed by atoms with Crippen molar-refractivity contribution < 1.29 is 4.79 Å². The van der Waals surface area contributed by atoms with Crippen molar-refractivity contribution in [2.45, 2.75) is 56.9 Å². The van der Waals surface area contributed by atoms with Gasteiger partial charge in [-0.2, -0.15) is 0 Å². The van der Waals surface area contributed by atoms with Gasteiger partial charge in [0, 0.05) is 36.3 Å². The van der Waals surface area contributed by atoms with Crippen molar-refractivity contribution in [1.82, 2.24) is 14.5 Å². The maximum absolute atomic E-state index is 13.5. The molecule has 2 aromatic heterocycles. The number of aromatic nitrogens is 2. The van der Waals surface area contributed by atoms with Gasteiger partial charge in [-0.15, -0.1) is 0 Å². The van der Waals surface area contributed by atoms with Crippen molar-refractivity contribution in [3.8, 4) is 16.8 Å². The summed E-state index contributed by atoms with van der Waals surface area (Å²) in [6.45, 7) is 2.06. The minimum Gasteiger partial charge on any atom is -0.331 e. The van der Waals surface area contributed by atoms with E-state index in [1.807, 2.05) is 24.2 Å². The van der Waals surface area contributed by atoms with E-state index in [1.54, 1.807) is 0 Å². The van der Waals surface area contributed by atoms with Gasteiger partial charge in [0.2, 0.25) is 0 Å². The van der Waals surface area contributed by atoms with Gasteiger partial charge in [-0.25, -0.2) is 0 Å². The molecule has 2 saturated carbocycles. The molecule has 4 nitrogen and oxygen atoms in total. The molecule has 1 aliphatic heterocycles. The molecular weight excluding hydrogens is 370 g/mol. The summed E-state index contributed by atoms with van der Waals surface area (Å²) in [6.07, 6.45) is 11.2. The Bertz CT molecular complexity index is 1160. The third-order valence-electron chi connectivity index (χ3n) is 7.63. The van der Waals surface area contributed by atoms with Gasteiger partial charge in [0.25, 0.3) is 5.91 Å². The largest absolute Gasteiger partial charge is 0.331 e. The second-order valence-corrected chi connectivity index (χ2v) is 9.27. The minimum atomic E-state index is -0.151. The van der Waals surface area contributed by atoms with Gasteiger partial charge < -0.3 is 9.47 Å². The molecule has 3 aliphatic rings. The lowest BCUT2D eigenvalue weighted by atomic mass is 9.96. The van der Waals surface area contributed by atoms with Gasteiger partial charge >= 0.3 is 0 Å². The van der Waals surface area contributed by atoms with Crippen LogP contribution in [0.3, 0.4) is 0 Å². The summed E-state index contributed by atoms with van der Waals surface area (Å²) in [6, 6.07) is 13.0. The van der Waals surface area contributed by atoms with E-state index in [4.69, 9.17) is 0 Å². The molecule has 3 heterocycles. The Balaban J connectivity index is 1.58. The molecule has 4 heteroatoms. The van der Waals surface area contributed by atoms with Crippen molar-refractivity contribution in [1.29, 1.82) is 0 Å². The molecule has 0 radical (unpaired) electrons. The number of nitrogens with zero attached hydrogens (tertiary/aromatic N) is 3. The van der Waals surface area contributed by atoms with Crippen LogP contribution in [0.2, 0.25) is 0 Å². The van der Waals surface area contributed by atoms with Gasteiger partial charge in [-0.1, -0.05) is 31.0 Å². The van der Waals surface area contributed by atoms with Crippen molar-refractivity contribution >= 4 is 5.91 Å². The molecule has 2 fully saturated rings.